The van der Waals surface area contributed by atoms with Crippen molar-refractivity contribution in [1.82, 2.24) is 4.98 Å². The number of hydrogen-bond donors (Lipinski definition) is 2. The SMILES string of the molecule is COc1cc(/C(O)=C2\C(=O)C(=O)N(c3ccccc3O)C2c2cccnc2)c(OC)cc1Cl. The van der Waals surface area contributed by atoms with Crippen LogP contribution in [0.25, 0.3) is 5.76 Å². The highest BCUT2D eigenvalue weighted by Gasteiger charge is 2.48. The molecule has 1 fully saturated rings. The molecule has 8 nitrogen and oxygen atoms in total. The van der Waals surface area contributed by atoms with Crippen molar-refractivity contribution in [3.8, 4) is 17.2 Å². The van der Waals surface area contributed by atoms with Crippen LogP contribution in [-0.2, 0) is 9.59 Å². The second kappa shape index (κ2) is 8.84. The molecule has 0 radical (unpaired) electrons. The van der Waals surface area contributed by atoms with E-state index < -0.39 is 23.5 Å². The largest absolute Gasteiger partial charge is 0.507 e. The molecule has 0 aliphatic carbocycles. The smallest absolute Gasteiger partial charge is 0.300 e. The Morgan fingerprint density at radius 1 is 1.06 bits per heavy atom. The van der Waals surface area contributed by atoms with Crippen LogP contribution in [-0.4, -0.2) is 41.1 Å². The topological polar surface area (TPSA) is 109 Å². The minimum absolute atomic E-state index is 0.114. The molecule has 0 bridgehead atoms. The summed E-state index contributed by atoms with van der Waals surface area (Å²) in [6.07, 6.45) is 3.03. The highest BCUT2D eigenvalue weighted by molar-refractivity contribution is 6.52. The number of aromatic hydroxyl groups is 1. The number of phenols is 1. The summed E-state index contributed by atoms with van der Waals surface area (Å²) in [7, 11) is 2.79. The van der Waals surface area contributed by atoms with E-state index in [4.69, 9.17) is 21.1 Å². The summed E-state index contributed by atoms with van der Waals surface area (Å²) in [5, 5.41) is 22.0. The molecule has 4 rings (SSSR count). The molecule has 3 aromatic rings. The van der Waals surface area contributed by atoms with Crippen LogP contribution in [0, 0.1) is 0 Å². The van der Waals surface area contributed by atoms with E-state index in [-0.39, 0.29) is 39.1 Å². The van der Waals surface area contributed by atoms with Gasteiger partial charge < -0.3 is 19.7 Å². The Morgan fingerprint density at radius 2 is 1.79 bits per heavy atom. The second-order valence-electron chi connectivity index (χ2n) is 7.13. The summed E-state index contributed by atoms with van der Waals surface area (Å²) < 4.78 is 10.6. The van der Waals surface area contributed by atoms with Crippen molar-refractivity contribution in [2.24, 2.45) is 0 Å². The average molecular weight is 467 g/mol. The quantitative estimate of drug-likeness (QED) is 0.331. The molecule has 0 saturated carbocycles. The lowest BCUT2D eigenvalue weighted by atomic mass is 9.95. The Morgan fingerprint density at radius 3 is 2.42 bits per heavy atom. The third-order valence-corrected chi connectivity index (χ3v) is 5.61. The van der Waals surface area contributed by atoms with Crippen molar-refractivity contribution < 1.29 is 29.3 Å². The summed E-state index contributed by atoms with van der Waals surface area (Å²) >= 11 is 6.17. The number of aliphatic hydroxyl groups excluding tert-OH is 1. The number of amides is 1. The lowest BCUT2D eigenvalue weighted by Gasteiger charge is -2.25. The van der Waals surface area contributed by atoms with E-state index in [2.05, 4.69) is 4.98 Å². The first-order valence-electron chi connectivity index (χ1n) is 9.79. The first-order valence-corrected chi connectivity index (χ1v) is 10.2. The van der Waals surface area contributed by atoms with Crippen LogP contribution in [0.4, 0.5) is 5.69 Å². The maximum Gasteiger partial charge on any atom is 0.300 e. The summed E-state index contributed by atoms with van der Waals surface area (Å²) in [5.74, 6) is -2.10. The third kappa shape index (κ3) is 3.74. The number of para-hydroxylation sites is 2. The third-order valence-electron chi connectivity index (χ3n) is 5.31. The number of anilines is 1. The van der Waals surface area contributed by atoms with Gasteiger partial charge in [0.05, 0.1) is 42.1 Å². The number of ether oxygens (including phenoxy) is 2. The number of benzene rings is 2. The van der Waals surface area contributed by atoms with Crippen molar-refractivity contribution in [1.29, 1.82) is 0 Å². The van der Waals surface area contributed by atoms with Gasteiger partial charge in [-0.1, -0.05) is 29.8 Å². The number of hydrogen-bond acceptors (Lipinski definition) is 7. The van der Waals surface area contributed by atoms with Crippen molar-refractivity contribution in [2.75, 3.05) is 19.1 Å². The highest BCUT2D eigenvalue weighted by atomic mass is 35.5. The molecular weight excluding hydrogens is 448 g/mol. The highest BCUT2D eigenvalue weighted by Crippen LogP contribution is 2.46. The fourth-order valence-electron chi connectivity index (χ4n) is 3.79. The Hall–Kier alpha value is -4.04. The van der Waals surface area contributed by atoms with Crippen LogP contribution >= 0.6 is 11.6 Å². The minimum atomic E-state index is -1.06. The summed E-state index contributed by atoms with van der Waals surface area (Å²) in [5.41, 5.74) is 0.497. The molecule has 1 unspecified atom stereocenters. The predicted molar refractivity (Wildman–Crippen MR) is 122 cm³/mol. The monoisotopic (exact) mass is 466 g/mol. The number of methoxy groups -OCH3 is 2. The number of carbonyl (C=O) groups excluding carboxylic acids is 2. The second-order valence-corrected chi connectivity index (χ2v) is 7.54. The average Bonchev–Trinajstić information content (AvgIpc) is 3.09. The Labute approximate surface area is 194 Å². The van der Waals surface area contributed by atoms with Gasteiger partial charge in [-0.05, 0) is 29.8 Å². The maximum absolute atomic E-state index is 13.2. The molecule has 2 heterocycles. The number of rotatable bonds is 5. The number of aliphatic hydroxyl groups is 1. The van der Waals surface area contributed by atoms with Gasteiger partial charge in [0.25, 0.3) is 11.7 Å². The van der Waals surface area contributed by atoms with Gasteiger partial charge in [0.2, 0.25) is 0 Å². The molecule has 1 atom stereocenters. The van der Waals surface area contributed by atoms with Crippen LogP contribution < -0.4 is 14.4 Å². The van der Waals surface area contributed by atoms with Crippen molar-refractivity contribution in [3.05, 3.63) is 82.6 Å². The van der Waals surface area contributed by atoms with Gasteiger partial charge in [0.1, 0.15) is 23.0 Å². The Bertz CT molecular complexity index is 1280. The van der Waals surface area contributed by atoms with Gasteiger partial charge in [-0.2, -0.15) is 0 Å². The number of aromatic nitrogens is 1. The first-order chi connectivity index (χ1) is 15.9. The van der Waals surface area contributed by atoms with Gasteiger partial charge in [-0.15, -0.1) is 0 Å². The van der Waals surface area contributed by atoms with Crippen LogP contribution in [0.2, 0.25) is 5.02 Å². The number of halogens is 1. The zero-order chi connectivity index (χ0) is 23.7. The van der Waals surface area contributed by atoms with Gasteiger partial charge >= 0.3 is 0 Å². The van der Waals surface area contributed by atoms with Gasteiger partial charge in [0, 0.05) is 18.5 Å². The summed E-state index contributed by atoms with van der Waals surface area (Å²) in [6, 6.07) is 11.3. The van der Waals surface area contributed by atoms with Crippen LogP contribution in [0.5, 0.6) is 17.2 Å². The van der Waals surface area contributed by atoms with E-state index in [1.807, 2.05) is 0 Å². The molecule has 33 heavy (non-hydrogen) atoms. The zero-order valence-corrected chi connectivity index (χ0v) is 18.4. The number of ketones is 1. The summed E-state index contributed by atoms with van der Waals surface area (Å²) in [4.78, 5) is 31.6. The number of pyridine rings is 1. The molecule has 1 aliphatic rings. The molecule has 1 amide bonds. The van der Waals surface area contributed by atoms with E-state index in [9.17, 15) is 19.8 Å². The van der Waals surface area contributed by atoms with E-state index in [0.717, 1.165) is 4.90 Å². The molecule has 168 valence electrons. The van der Waals surface area contributed by atoms with Gasteiger partial charge in [-0.3, -0.25) is 19.5 Å². The number of Topliss-reactive ketones (excluding diaryl/α,β-unsaturated/α-hetero) is 1. The lowest BCUT2D eigenvalue weighted by molar-refractivity contribution is -0.132. The van der Waals surface area contributed by atoms with E-state index in [1.54, 1.807) is 30.5 Å². The zero-order valence-electron chi connectivity index (χ0n) is 17.7. The van der Waals surface area contributed by atoms with Crippen molar-refractivity contribution in [2.45, 2.75) is 6.04 Å². The van der Waals surface area contributed by atoms with Gasteiger partial charge in [-0.25, -0.2) is 0 Å². The summed E-state index contributed by atoms with van der Waals surface area (Å²) in [6.45, 7) is 0. The number of nitrogens with zero attached hydrogens (tertiary/aromatic N) is 2. The first kappa shape index (κ1) is 22.2. The van der Waals surface area contributed by atoms with Crippen molar-refractivity contribution >= 4 is 34.7 Å². The van der Waals surface area contributed by atoms with Crippen LogP contribution in [0.3, 0.4) is 0 Å². The Kier molecular flexibility index (Phi) is 5.93. The lowest BCUT2D eigenvalue weighted by Crippen LogP contribution is -2.29. The van der Waals surface area contributed by atoms with Crippen LogP contribution in [0.15, 0.2) is 66.5 Å². The maximum atomic E-state index is 13.2. The van der Waals surface area contributed by atoms with Crippen LogP contribution in [0.1, 0.15) is 17.2 Å². The minimum Gasteiger partial charge on any atom is -0.507 e. The molecular formula is C24H19ClN2O6. The van der Waals surface area contributed by atoms with E-state index in [1.165, 1.54) is 44.7 Å². The van der Waals surface area contributed by atoms with Gasteiger partial charge in [0.15, 0.2) is 0 Å². The molecule has 1 aromatic heterocycles. The standard InChI is InChI=1S/C24H19ClN2O6/c1-32-18-11-15(25)19(33-2)10-14(18)22(29)20-21(13-6-5-9-26-12-13)27(24(31)23(20)30)16-7-3-4-8-17(16)28/h3-12,21,28-29H,1-2H3/b22-20+. The molecule has 0 spiro atoms. The molecule has 1 aliphatic heterocycles. The molecule has 2 N–H and O–H groups in total. The predicted octanol–water partition coefficient (Wildman–Crippen LogP) is 4.08. The fourth-order valence-corrected chi connectivity index (χ4v) is 4.02. The molecule has 1 saturated heterocycles. The molecule has 9 heteroatoms. The van der Waals surface area contributed by atoms with Crippen molar-refractivity contribution in [3.63, 3.8) is 0 Å². The van der Waals surface area contributed by atoms with E-state index in [0.29, 0.717) is 5.56 Å². The molecule has 2 aromatic carbocycles. The normalized spacial score (nSPS) is 17.3. The Balaban J connectivity index is 2.01. The van der Waals surface area contributed by atoms with E-state index >= 15 is 0 Å². The fraction of sp³-hybridized carbons (Fsp3) is 0.125. The number of phenolic OH excluding ortho intramolecular Hbond substituents is 1. The number of carbonyl (C=O) groups is 2.